The van der Waals surface area contributed by atoms with Crippen LogP contribution in [-0.2, 0) is 4.74 Å². The summed E-state index contributed by atoms with van der Waals surface area (Å²) in [6, 6.07) is 0. The van der Waals surface area contributed by atoms with E-state index in [0.717, 1.165) is 31.9 Å². The first-order valence-electron chi connectivity index (χ1n) is 7.88. The zero-order chi connectivity index (χ0) is 13.7. The van der Waals surface area contributed by atoms with E-state index in [1.165, 1.54) is 39.0 Å². The first-order chi connectivity index (χ1) is 9.13. The smallest absolute Gasteiger partial charge is 0.0807 e. The first kappa shape index (κ1) is 15.2. The molecule has 0 amide bonds. The molecule has 1 aliphatic heterocycles. The minimum Gasteiger partial charge on any atom is -0.372 e. The molecule has 2 rings (SSSR count). The van der Waals surface area contributed by atoms with Crippen LogP contribution >= 0.6 is 0 Å². The molecule has 1 saturated heterocycles. The second-order valence-electron chi connectivity index (χ2n) is 6.58. The molecule has 1 aliphatic carbocycles. The fourth-order valence-corrected chi connectivity index (χ4v) is 3.45. The Balaban J connectivity index is 1.71. The number of hydrogen-bond acceptors (Lipinski definition) is 4. The van der Waals surface area contributed by atoms with Crippen LogP contribution in [0.25, 0.3) is 0 Å². The van der Waals surface area contributed by atoms with Gasteiger partial charge in [-0.15, -0.1) is 0 Å². The van der Waals surface area contributed by atoms with Gasteiger partial charge in [-0.2, -0.15) is 0 Å². The highest BCUT2D eigenvalue weighted by Crippen LogP contribution is 2.34. The minimum atomic E-state index is -0.0236. The number of likely N-dealkylation sites (N-methyl/N-ethyl adjacent to an activating group) is 1. The molecule has 0 aromatic carbocycles. The topological polar surface area (TPSA) is 41.7 Å². The van der Waals surface area contributed by atoms with Crippen molar-refractivity contribution in [2.75, 3.05) is 52.9 Å². The van der Waals surface area contributed by atoms with Crippen LogP contribution in [0.3, 0.4) is 0 Å². The van der Waals surface area contributed by atoms with Crippen molar-refractivity contribution in [3.63, 3.8) is 0 Å². The van der Waals surface area contributed by atoms with Gasteiger partial charge in [-0.05, 0) is 25.8 Å². The molecule has 4 nitrogen and oxygen atoms in total. The summed E-state index contributed by atoms with van der Waals surface area (Å²) in [6.07, 6.45) is 4.90. The molecule has 2 fully saturated rings. The van der Waals surface area contributed by atoms with Gasteiger partial charge in [-0.1, -0.05) is 19.8 Å². The van der Waals surface area contributed by atoms with Crippen molar-refractivity contribution in [2.45, 2.75) is 38.2 Å². The van der Waals surface area contributed by atoms with Crippen LogP contribution in [0.1, 0.15) is 32.6 Å². The van der Waals surface area contributed by atoms with E-state index >= 15 is 0 Å². The molecular weight excluding hydrogens is 238 g/mol. The molecule has 2 N–H and O–H groups in total. The normalized spacial score (nSPS) is 34.6. The quantitative estimate of drug-likeness (QED) is 0.813. The standard InChI is InChI=1S/C15H31N3O/c1-14-4-3-5-15(12-14,13-16)19-11-10-18-8-6-17(2)7-9-18/h14H,3-13,16H2,1-2H3. The van der Waals surface area contributed by atoms with Gasteiger partial charge in [-0.25, -0.2) is 0 Å². The lowest BCUT2D eigenvalue weighted by Gasteiger charge is -2.40. The average molecular weight is 269 g/mol. The monoisotopic (exact) mass is 269 g/mol. The summed E-state index contributed by atoms with van der Waals surface area (Å²) in [5, 5.41) is 0. The van der Waals surface area contributed by atoms with Gasteiger partial charge < -0.3 is 15.4 Å². The minimum absolute atomic E-state index is 0.0236. The van der Waals surface area contributed by atoms with E-state index in [2.05, 4.69) is 23.8 Å². The maximum atomic E-state index is 6.24. The van der Waals surface area contributed by atoms with Gasteiger partial charge in [-0.3, -0.25) is 4.90 Å². The molecule has 0 aromatic rings. The molecule has 0 bridgehead atoms. The van der Waals surface area contributed by atoms with Crippen LogP contribution in [0.5, 0.6) is 0 Å². The Labute approximate surface area is 118 Å². The van der Waals surface area contributed by atoms with Crippen LogP contribution < -0.4 is 5.73 Å². The molecule has 0 spiro atoms. The van der Waals surface area contributed by atoms with Crippen molar-refractivity contribution in [2.24, 2.45) is 11.7 Å². The van der Waals surface area contributed by atoms with Gasteiger partial charge in [0.25, 0.3) is 0 Å². The second-order valence-corrected chi connectivity index (χ2v) is 6.58. The molecule has 2 unspecified atom stereocenters. The maximum absolute atomic E-state index is 6.24. The molecule has 2 atom stereocenters. The molecule has 0 radical (unpaired) electrons. The van der Waals surface area contributed by atoms with Gasteiger partial charge in [0.05, 0.1) is 12.2 Å². The average Bonchev–Trinajstić information content (AvgIpc) is 2.41. The summed E-state index contributed by atoms with van der Waals surface area (Å²) in [7, 11) is 2.20. The van der Waals surface area contributed by atoms with Crippen molar-refractivity contribution in [3.8, 4) is 0 Å². The highest BCUT2D eigenvalue weighted by atomic mass is 16.5. The largest absolute Gasteiger partial charge is 0.372 e. The third-order valence-corrected chi connectivity index (χ3v) is 4.83. The van der Waals surface area contributed by atoms with E-state index < -0.39 is 0 Å². The molecule has 112 valence electrons. The van der Waals surface area contributed by atoms with Gasteiger partial charge in [0, 0.05) is 39.3 Å². The fraction of sp³-hybridized carbons (Fsp3) is 1.00. The van der Waals surface area contributed by atoms with E-state index in [4.69, 9.17) is 10.5 Å². The summed E-state index contributed by atoms with van der Waals surface area (Å²) < 4.78 is 6.24. The predicted molar refractivity (Wildman–Crippen MR) is 79.3 cm³/mol. The third-order valence-electron chi connectivity index (χ3n) is 4.83. The maximum Gasteiger partial charge on any atom is 0.0807 e. The molecule has 1 saturated carbocycles. The lowest BCUT2D eigenvalue weighted by Crippen LogP contribution is -2.48. The van der Waals surface area contributed by atoms with E-state index in [0.29, 0.717) is 6.54 Å². The molecule has 4 heteroatoms. The van der Waals surface area contributed by atoms with E-state index in [9.17, 15) is 0 Å². The van der Waals surface area contributed by atoms with Gasteiger partial charge >= 0.3 is 0 Å². The summed E-state index contributed by atoms with van der Waals surface area (Å²) in [4.78, 5) is 4.90. The van der Waals surface area contributed by atoms with Crippen LogP contribution in [0.2, 0.25) is 0 Å². The van der Waals surface area contributed by atoms with Crippen LogP contribution in [0, 0.1) is 5.92 Å². The molecule has 2 aliphatic rings. The zero-order valence-electron chi connectivity index (χ0n) is 12.7. The molecular formula is C15H31N3O. The van der Waals surface area contributed by atoms with Gasteiger partial charge in [0.1, 0.15) is 0 Å². The Morgan fingerprint density at radius 3 is 2.63 bits per heavy atom. The number of hydrogen-bond donors (Lipinski definition) is 1. The zero-order valence-corrected chi connectivity index (χ0v) is 12.7. The number of rotatable bonds is 5. The Morgan fingerprint density at radius 2 is 2.00 bits per heavy atom. The van der Waals surface area contributed by atoms with Crippen LogP contribution in [0.15, 0.2) is 0 Å². The number of nitrogens with two attached hydrogens (primary N) is 1. The summed E-state index contributed by atoms with van der Waals surface area (Å²) in [5.74, 6) is 0.765. The molecule has 0 aromatic heterocycles. The van der Waals surface area contributed by atoms with Crippen molar-refractivity contribution in [1.82, 2.24) is 9.80 Å². The van der Waals surface area contributed by atoms with Crippen molar-refractivity contribution in [1.29, 1.82) is 0 Å². The lowest BCUT2D eigenvalue weighted by molar-refractivity contribution is -0.0807. The Morgan fingerprint density at radius 1 is 1.26 bits per heavy atom. The number of piperazine rings is 1. The van der Waals surface area contributed by atoms with Crippen molar-refractivity contribution < 1.29 is 4.74 Å². The summed E-state index contributed by atoms with van der Waals surface area (Å²) in [6.45, 7) is 9.61. The lowest BCUT2D eigenvalue weighted by atomic mass is 9.79. The highest BCUT2D eigenvalue weighted by Gasteiger charge is 2.34. The van der Waals surface area contributed by atoms with E-state index in [1.807, 2.05) is 0 Å². The SMILES string of the molecule is CC1CCCC(CN)(OCCN2CCN(C)CC2)C1. The summed E-state index contributed by atoms with van der Waals surface area (Å²) in [5.41, 5.74) is 5.97. The Kier molecular flexibility index (Phi) is 5.63. The van der Waals surface area contributed by atoms with Gasteiger partial charge in [0.15, 0.2) is 0 Å². The van der Waals surface area contributed by atoms with Crippen molar-refractivity contribution in [3.05, 3.63) is 0 Å². The Bertz CT molecular complexity index is 266. The van der Waals surface area contributed by atoms with Gasteiger partial charge in [0.2, 0.25) is 0 Å². The first-order valence-corrected chi connectivity index (χ1v) is 7.88. The van der Waals surface area contributed by atoms with Crippen molar-refractivity contribution >= 4 is 0 Å². The Hall–Kier alpha value is -0.160. The fourth-order valence-electron chi connectivity index (χ4n) is 3.45. The third kappa shape index (κ3) is 4.42. The van der Waals surface area contributed by atoms with Crippen LogP contribution in [0.4, 0.5) is 0 Å². The summed E-state index contributed by atoms with van der Waals surface area (Å²) >= 11 is 0. The predicted octanol–water partition coefficient (Wildman–Crippen LogP) is 1.16. The second kappa shape index (κ2) is 7.02. The van der Waals surface area contributed by atoms with E-state index in [-0.39, 0.29) is 5.60 Å². The molecule has 19 heavy (non-hydrogen) atoms. The molecule has 1 heterocycles. The number of ether oxygens (including phenoxy) is 1. The number of nitrogens with zero attached hydrogens (tertiary/aromatic N) is 2. The van der Waals surface area contributed by atoms with E-state index in [1.54, 1.807) is 0 Å². The highest BCUT2D eigenvalue weighted by molar-refractivity contribution is 4.88. The van der Waals surface area contributed by atoms with Crippen LogP contribution in [-0.4, -0.2) is 68.3 Å².